The zero-order chi connectivity index (χ0) is 13.9. The number of nitrogens with two attached hydrogens (primary N) is 1. The number of nitrogens with zero attached hydrogens (tertiary/aromatic N) is 1. The highest BCUT2D eigenvalue weighted by molar-refractivity contribution is 7.99. The highest BCUT2D eigenvalue weighted by Gasteiger charge is 2.20. The van der Waals surface area contributed by atoms with Crippen LogP contribution in [0.25, 0.3) is 0 Å². The Labute approximate surface area is 112 Å². The summed E-state index contributed by atoms with van der Waals surface area (Å²) in [6.07, 6.45) is 0. The van der Waals surface area contributed by atoms with E-state index in [0.717, 1.165) is 0 Å². The lowest BCUT2D eigenvalue weighted by molar-refractivity contribution is 0.0546. The lowest BCUT2D eigenvalue weighted by Gasteiger charge is -2.27. The van der Waals surface area contributed by atoms with Gasteiger partial charge in [-0.3, -0.25) is 4.72 Å². The van der Waals surface area contributed by atoms with Crippen LogP contribution in [0, 0.1) is 0 Å². The Balaban J connectivity index is 2.08. The molecule has 0 aliphatic carbocycles. The molecule has 0 bridgehead atoms. The van der Waals surface area contributed by atoms with Crippen LogP contribution in [0.5, 0.6) is 0 Å². The normalized spacial score (nSPS) is 18.6. The molecular formula is C12H17N3O3S. The third-order valence-electron chi connectivity index (χ3n) is 2.81. The van der Waals surface area contributed by atoms with Gasteiger partial charge in [-0.05, 0) is 30.1 Å². The minimum atomic E-state index is -2.86. The van der Waals surface area contributed by atoms with Gasteiger partial charge in [0.15, 0.2) is 0 Å². The second-order valence-corrected chi connectivity index (χ2v) is 6.28. The molecule has 1 heterocycles. The molecule has 1 atom stereocenters. The Morgan fingerprint density at radius 2 is 1.89 bits per heavy atom. The predicted octanol–water partition coefficient (Wildman–Crippen LogP) is 0.301. The second kappa shape index (κ2) is 5.50. The van der Waals surface area contributed by atoms with Crippen LogP contribution < -0.4 is 10.5 Å². The van der Waals surface area contributed by atoms with E-state index in [9.17, 15) is 9.00 Å². The summed E-state index contributed by atoms with van der Waals surface area (Å²) in [7, 11) is -2.86. The summed E-state index contributed by atoms with van der Waals surface area (Å²) < 4.78 is 20.0. The molecule has 7 heteroatoms. The van der Waals surface area contributed by atoms with E-state index in [0.29, 0.717) is 36.9 Å². The molecule has 6 nitrogen and oxygen atoms in total. The van der Waals surface area contributed by atoms with Crippen molar-refractivity contribution in [1.29, 1.82) is 0 Å². The maximum atomic E-state index is 12.4. The molecule has 0 radical (unpaired) electrons. The fraction of sp³-hybridized carbons (Fsp3) is 0.333. The number of nitrogens with one attached hydrogen (secondary N) is 1. The van der Waals surface area contributed by atoms with Crippen molar-refractivity contribution < 1.29 is 13.7 Å². The Bertz CT molecular complexity index is 548. The number of carbonyl (C=O) groups excluding carboxylic acids is 1. The first kappa shape index (κ1) is 13.7. The molecule has 104 valence electrons. The number of nitrogen functional groups attached to an aromatic ring is 1. The van der Waals surface area contributed by atoms with Crippen LogP contribution in [0.3, 0.4) is 0 Å². The van der Waals surface area contributed by atoms with Crippen LogP contribution in [0.4, 0.5) is 10.5 Å². The minimum absolute atomic E-state index is 0.389. The number of morpholine rings is 1. The van der Waals surface area contributed by atoms with Gasteiger partial charge in [0.2, 0.25) is 0 Å². The smallest absolute Gasteiger partial charge is 0.329 e. The van der Waals surface area contributed by atoms with Crippen molar-refractivity contribution in [3.8, 4) is 0 Å². The van der Waals surface area contributed by atoms with Crippen LogP contribution >= 0.6 is 0 Å². The molecule has 0 saturated carbocycles. The number of hydrogen-bond acceptors (Lipinski definition) is 4. The topological polar surface area (TPSA) is 84.7 Å². The first-order chi connectivity index (χ1) is 8.99. The average molecular weight is 283 g/mol. The van der Waals surface area contributed by atoms with E-state index in [1.807, 2.05) is 0 Å². The SMILES string of the molecule is C=S(=O)(NC(=O)N1CCOCC1)c1ccc(N)cc1. The Morgan fingerprint density at radius 3 is 2.47 bits per heavy atom. The van der Waals surface area contributed by atoms with Gasteiger partial charge in [0, 0.05) is 23.7 Å². The summed E-state index contributed by atoms with van der Waals surface area (Å²) >= 11 is 0. The Hall–Kier alpha value is -1.73. The van der Waals surface area contributed by atoms with Crippen LogP contribution in [0.15, 0.2) is 29.2 Å². The van der Waals surface area contributed by atoms with Crippen molar-refractivity contribution in [2.45, 2.75) is 4.90 Å². The zero-order valence-corrected chi connectivity index (χ0v) is 11.3. The van der Waals surface area contributed by atoms with Crippen LogP contribution in [-0.2, 0) is 14.4 Å². The molecule has 1 fully saturated rings. The standard InChI is InChI=1S/C12H17N3O3S/c1-19(17,11-4-2-10(13)3-5-11)14-12(16)15-6-8-18-9-7-15/h2-5H,1,6-9,13H2,(H,14,16,17). The van der Waals surface area contributed by atoms with Gasteiger partial charge in [-0.15, -0.1) is 0 Å². The number of hydrogen-bond donors (Lipinski definition) is 2. The molecule has 1 aromatic carbocycles. The van der Waals surface area contributed by atoms with Gasteiger partial charge in [-0.1, -0.05) is 0 Å². The average Bonchev–Trinajstić information content (AvgIpc) is 2.40. The number of amides is 2. The monoisotopic (exact) mass is 283 g/mol. The van der Waals surface area contributed by atoms with Gasteiger partial charge < -0.3 is 15.4 Å². The molecule has 19 heavy (non-hydrogen) atoms. The molecular weight excluding hydrogens is 266 g/mol. The molecule has 1 aliphatic heterocycles. The molecule has 2 amide bonds. The highest BCUT2D eigenvalue weighted by Crippen LogP contribution is 2.12. The van der Waals surface area contributed by atoms with Gasteiger partial charge in [-0.25, -0.2) is 9.00 Å². The van der Waals surface area contributed by atoms with E-state index < -0.39 is 9.71 Å². The molecule has 0 aromatic heterocycles. The lowest BCUT2D eigenvalue weighted by atomic mass is 10.3. The van der Waals surface area contributed by atoms with Gasteiger partial charge in [-0.2, -0.15) is 0 Å². The summed E-state index contributed by atoms with van der Waals surface area (Å²) in [6, 6.07) is 6.07. The Morgan fingerprint density at radius 1 is 1.32 bits per heavy atom. The van der Waals surface area contributed by atoms with Crippen molar-refractivity contribution in [1.82, 2.24) is 9.62 Å². The number of benzene rings is 1. The quantitative estimate of drug-likeness (QED) is 0.604. The largest absolute Gasteiger partial charge is 0.399 e. The van der Waals surface area contributed by atoms with Crippen LogP contribution in [-0.4, -0.2) is 47.3 Å². The van der Waals surface area contributed by atoms with Gasteiger partial charge >= 0.3 is 6.03 Å². The molecule has 3 N–H and O–H groups in total. The number of rotatable bonds is 2. The first-order valence-electron chi connectivity index (χ1n) is 5.86. The number of ether oxygens (including phenoxy) is 1. The van der Waals surface area contributed by atoms with Crippen molar-refractivity contribution in [3.05, 3.63) is 24.3 Å². The van der Waals surface area contributed by atoms with E-state index in [4.69, 9.17) is 10.5 Å². The Kier molecular flexibility index (Phi) is 3.96. The van der Waals surface area contributed by atoms with Crippen LogP contribution in [0.1, 0.15) is 0 Å². The predicted molar refractivity (Wildman–Crippen MR) is 75.3 cm³/mol. The summed E-state index contributed by atoms with van der Waals surface area (Å²) in [5.41, 5.74) is 6.13. The second-order valence-electron chi connectivity index (χ2n) is 4.25. The van der Waals surface area contributed by atoms with Crippen molar-refractivity contribution in [2.75, 3.05) is 32.0 Å². The molecule has 1 saturated heterocycles. The van der Waals surface area contributed by atoms with Crippen molar-refractivity contribution >= 4 is 27.3 Å². The van der Waals surface area contributed by atoms with Crippen molar-refractivity contribution in [3.63, 3.8) is 0 Å². The summed E-state index contributed by atoms with van der Waals surface area (Å²) in [4.78, 5) is 14.0. The number of urea groups is 1. The molecule has 1 aromatic rings. The first-order valence-corrected chi connectivity index (χ1v) is 7.59. The van der Waals surface area contributed by atoms with Crippen molar-refractivity contribution in [2.24, 2.45) is 0 Å². The van der Waals surface area contributed by atoms with E-state index in [2.05, 4.69) is 10.6 Å². The minimum Gasteiger partial charge on any atom is -0.399 e. The van der Waals surface area contributed by atoms with E-state index >= 15 is 0 Å². The van der Waals surface area contributed by atoms with Crippen LogP contribution in [0.2, 0.25) is 0 Å². The zero-order valence-electron chi connectivity index (χ0n) is 10.5. The summed E-state index contributed by atoms with van der Waals surface area (Å²) in [6.45, 7) is 1.97. The maximum absolute atomic E-state index is 12.4. The van der Waals surface area contributed by atoms with Gasteiger partial charge in [0.05, 0.1) is 22.9 Å². The van der Waals surface area contributed by atoms with E-state index in [1.54, 1.807) is 29.2 Å². The fourth-order valence-electron chi connectivity index (χ4n) is 1.72. The fourth-order valence-corrected chi connectivity index (χ4v) is 2.82. The molecule has 1 aliphatic rings. The number of anilines is 1. The van der Waals surface area contributed by atoms with Gasteiger partial charge in [0.1, 0.15) is 0 Å². The third kappa shape index (κ3) is 3.39. The maximum Gasteiger partial charge on any atom is 0.329 e. The molecule has 0 spiro atoms. The van der Waals surface area contributed by atoms with E-state index in [1.165, 1.54) is 0 Å². The lowest BCUT2D eigenvalue weighted by Crippen LogP contribution is -2.47. The molecule has 1 unspecified atom stereocenters. The van der Waals surface area contributed by atoms with Gasteiger partial charge in [0.25, 0.3) is 0 Å². The summed E-state index contributed by atoms with van der Waals surface area (Å²) in [5, 5.41) is 0. The molecule has 2 rings (SSSR count). The third-order valence-corrected chi connectivity index (χ3v) is 4.35. The summed E-state index contributed by atoms with van der Waals surface area (Å²) in [5.74, 6) is 3.60. The van der Waals surface area contributed by atoms with E-state index in [-0.39, 0.29) is 6.03 Å². The highest BCUT2D eigenvalue weighted by atomic mass is 32.2. The number of carbonyl (C=O) groups is 1.